The predicted molar refractivity (Wildman–Crippen MR) is 107 cm³/mol. The van der Waals surface area contributed by atoms with Crippen LogP contribution in [0.15, 0.2) is 12.1 Å². The van der Waals surface area contributed by atoms with E-state index in [1.54, 1.807) is 21.3 Å². The van der Waals surface area contributed by atoms with Crippen LogP contribution in [0.25, 0.3) is 11.3 Å². The maximum atomic E-state index is 6.21. The van der Waals surface area contributed by atoms with E-state index in [-0.39, 0.29) is 5.95 Å². The van der Waals surface area contributed by atoms with Crippen molar-refractivity contribution in [1.29, 1.82) is 0 Å². The molecule has 2 aromatic rings. The van der Waals surface area contributed by atoms with Crippen LogP contribution in [0, 0.1) is 0 Å². The molecular formula is C19H27N5O4. The van der Waals surface area contributed by atoms with Crippen LogP contribution in [0.4, 0.5) is 11.8 Å². The van der Waals surface area contributed by atoms with Gasteiger partial charge in [-0.05, 0) is 18.6 Å². The van der Waals surface area contributed by atoms with Gasteiger partial charge in [0.25, 0.3) is 0 Å². The van der Waals surface area contributed by atoms with Crippen LogP contribution in [0.2, 0.25) is 0 Å². The summed E-state index contributed by atoms with van der Waals surface area (Å²) in [7, 11) is 4.71. The molecule has 1 aromatic heterocycles. The molecule has 9 nitrogen and oxygen atoms in total. The van der Waals surface area contributed by atoms with Gasteiger partial charge in [0, 0.05) is 30.8 Å². The van der Waals surface area contributed by atoms with E-state index in [0.717, 1.165) is 44.0 Å². The molecule has 1 aliphatic rings. The second kappa shape index (κ2) is 8.94. The van der Waals surface area contributed by atoms with E-state index >= 15 is 0 Å². The minimum Gasteiger partial charge on any atom is -0.493 e. The first-order valence-corrected chi connectivity index (χ1v) is 9.09. The average molecular weight is 389 g/mol. The Balaban J connectivity index is 2.00. The van der Waals surface area contributed by atoms with Crippen LogP contribution >= 0.6 is 0 Å². The van der Waals surface area contributed by atoms with Crippen molar-refractivity contribution in [3.63, 3.8) is 0 Å². The molecule has 0 unspecified atom stereocenters. The fourth-order valence-corrected chi connectivity index (χ4v) is 3.32. The molecule has 0 radical (unpaired) electrons. The molecular weight excluding hydrogens is 362 g/mol. The molecule has 1 aliphatic heterocycles. The van der Waals surface area contributed by atoms with E-state index in [2.05, 4.69) is 14.9 Å². The Labute approximate surface area is 164 Å². The second-order valence-electron chi connectivity index (χ2n) is 6.41. The Hall–Kier alpha value is -2.78. The lowest BCUT2D eigenvalue weighted by atomic mass is 10.0. The molecule has 9 heteroatoms. The minimum atomic E-state index is 0.122. The highest BCUT2D eigenvalue weighted by Crippen LogP contribution is 2.42. The molecule has 1 aromatic carbocycles. The van der Waals surface area contributed by atoms with Crippen molar-refractivity contribution >= 4 is 11.8 Å². The first kappa shape index (κ1) is 20.0. The van der Waals surface area contributed by atoms with Crippen LogP contribution in [0.5, 0.6) is 17.2 Å². The predicted octanol–water partition coefficient (Wildman–Crippen LogP) is 1.21. The van der Waals surface area contributed by atoms with Gasteiger partial charge in [0.1, 0.15) is 5.82 Å². The first-order chi connectivity index (χ1) is 13.6. The van der Waals surface area contributed by atoms with E-state index in [4.69, 9.17) is 30.4 Å². The van der Waals surface area contributed by atoms with Crippen molar-refractivity contribution in [1.82, 2.24) is 14.9 Å². The van der Waals surface area contributed by atoms with Gasteiger partial charge in [-0.3, -0.25) is 4.90 Å². The lowest BCUT2D eigenvalue weighted by Crippen LogP contribution is -2.37. The summed E-state index contributed by atoms with van der Waals surface area (Å²) in [6.07, 6.45) is 0.693. The van der Waals surface area contributed by atoms with Gasteiger partial charge in [0.2, 0.25) is 11.7 Å². The zero-order valence-electron chi connectivity index (χ0n) is 16.5. The number of aromatic nitrogens is 2. The van der Waals surface area contributed by atoms with Gasteiger partial charge in [0.15, 0.2) is 11.5 Å². The maximum Gasteiger partial charge on any atom is 0.222 e. The summed E-state index contributed by atoms with van der Waals surface area (Å²) in [5.41, 5.74) is 14.4. The van der Waals surface area contributed by atoms with Crippen LogP contribution in [-0.4, -0.2) is 69.0 Å². The van der Waals surface area contributed by atoms with E-state index < -0.39 is 0 Å². The van der Waals surface area contributed by atoms with E-state index in [1.807, 2.05) is 12.1 Å². The standard InChI is InChI=1S/C19H27N5O4/c1-25-14-10-12(11-15(26-2)17(14)27-3)16-13(18(20)23-19(21)22-16)4-5-24-6-8-28-9-7-24/h10-11H,4-9H2,1-3H3,(H4,20,21,22,23). The summed E-state index contributed by atoms with van der Waals surface area (Å²) in [6.45, 7) is 4.11. The van der Waals surface area contributed by atoms with Gasteiger partial charge in [-0.15, -0.1) is 0 Å². The topological polar surface area (TPSA) is 118 Å². The van der Waals surface area contributed by atoms with Crippen molar-refractivity contribution in [3.05, 3.63) is 17.7 Å². The number of morpholine rings is 1. The van der Waals surface area contributed by atoms with Crippen molar-refractivity contribution in [2.24, 2.45) is 0 Å². The lowest BCUT2D eigenvalue weighted by molar-refractivity contribution is 0.0384. The van der Waals surface area contributed by atoms with Crippen molar-refractivity contribution in [2.45, 2.75) is 6.42 Å². The Morgan fingerprint density at radius 1 is 1.00 bits per heavy atom. The zero-order chi connectivity index (χ0) is 20.1. The number of nitrogens with two attached hydrogens (primary N) is 2. The number of hydrogen-bond acceptors (Lipinski definition) is 9. The molecule has 28 heavy (non-hydrogen) atoms. The molecule has 1 saturated heterocycles. The molecule has 0 saturated carbocycles. The Morgan fingerprint density at radius 2 is 1.64 bits per heavy atom. The lowest BCUT2D eigenvalue weighted by Gasteiger charge is -2.27. The number of nitrogens with zero attached hydrogens (tertiary/aromatic N) is 3. The fourth-order valence-electron chi connectivity index (χ4n) is 3.32. The molecule has 152 valence electrons. The van der Waals surface area contributed by atoms with Crippen LogP contribution in [0.1, 0.15) is 5.56 Å². The monoisotopic (exact) mass is 389 g/mol. The highest BCUT2D eigenvalue weighted by molar-refractivity contribution is 5.74. The molecule has 0 bridgehead atoms. The summed E-state index contributed by atoms with van der Waals surface area (Å²) in [5, 5.41) is 0. The first-order valence-electron chi connectivity index (χ1n) is 9.09. The third-order valence-corrected chi connectivity index (χ3v) is 4.78. The highest BCUT2D eigenvalue weighted by atomic mass is 16.5. The van der Waals surface area contributed by atoms with Gasteiger partial charge in [0.05, 0.1) is 40.2 Å². The number of anilines is 2. The van der Waals surface area contributed by atoms with Crippen LogP contribution < -0.4 is 25.7 Å². The summed E-state index contributed by atoms with van der Waals surface area (Å²) in [5.74, 6) is 2.08. The summed E-state index contributed by atoms with van der Waals surface area (Å²) in [4.78, 5) is 11.0. The van der Waals surface area contributed by atoms with Crippen molar-refractivity contribution < 1.29 is 18.9 Å². The number of nitrogen functional groups attached to an aromatic ring is 2. The number of rotatable bonds is 7. The SMILES string of the molecule is COc1cc(-c2nc(N)nc(N)c2CCN2CCOCC2)cc(OC)c1OC. The minimum absolute atomic E-state index is 0.122. The molecule has 0 aliphatic carbocycles. The third-order valence-electron chi connectivity index (χ3n) is 4.78. The quantitative estimate of drug-likeness (QED) is 0.720. The third kappa shape index (κ3) is 4.20. The van der Waals surface area contributed by atoms with Gasteiger partial charge >= 0.3 is 0 Å². The smallest absolute Gasteiger partial charge is 0.222 e. The molecule has 4 N–H and O–H groups in total. The van der Waals surface area contributed by atoms with E-state index in [0.29, 0.717) is 35.2 Å². The Kier molecular flexibility index (Phi) is 6.37. The van der Waals surface area contributed by atoms with Gasteiger partial charge in [-0.2, -0.15) is 4.98 Å². The van der Waals surface area contributed by atoms with Crippen molar-refractivity contribution in [3.8, 4) is 28.5 Å². The molecule has 0 spiro atoms. The Morgan fingerprint density at radius 3 is 2.21 bits per heavy atom. The summed E-state index contributed by atoms with van der Waals surface area (Å²) < 4.78 is 21.7. The normalized spacial score (nSPS) is 14.7. The van der Waals surface area contributed by atoms with Crippen LogP contribution in [-0.2, 0) is 11.2 Å². The van der Waals surface area contributed by atoms with Gasteiger partial charge in [-0.1, -0.05) is 0 Å². The van der Waals surface area contributed by atoms with Crippen molar-refractivity contribution in [2.75, 3.05) is 65.6 Å². The number of ether oxygens (including phenoxy) is 4. The number of benzene rings is 1. The highest BCUT2D eigenvalue weighted by Gasteiger charge is 2.20. The largest absolute Gasteiger partial charge is 0.493 e. The molecule has 1 fully saturated rings. The Bertz CT molecular complexity index is 799. The van der Waals surface area contributed by atoms with Crippen LogP contribution in [0.3, 0.4) is 0 Å². The summed E-state index contributed by atoms with van der Waals surface area (Å²) in [6, 6.07) is 3.67. The van der Waals surface area contributed by atoms with Gasteiger partial charge in [-0.25, -0.2) is 4.98 Å². The average Bonchev–Trinajstić information content (AvgIpc) is 2.72. The molecule has 0 amide bonds. The molecule has 0 atom stereocenters. The van der Waals surface area contributed by atoms with E-state index in [1.165, 1.54) is 0 Å². The fraction of sp³-hybridized carbons (Fsp3) is 0.474. The number of methoxy groups -OCH3 is 3. The maximum absolute atomic E-state index is 6.21. The zero-order valence-corrected chi connectivity index (χ0v) is 16.5. The number of hydrogen-bond donors (Lipinski definition) is 2. The second-order valence-corrected chi connectivity index (χ2v) is 6.41. The molecule has 2 heterocycles. The summed E-state index contributed by atoms with van der Waals surface area (Å²) >= 11 is 0. The van der Waals surface area contributed by atoms with Gasteiger partial charge < -0.3 is 30.4 Å². The van der Waals surface area contributed by atoms with E-state index in [9.17, 15) is 0 Å². The molecule has 3 rings (SSSR count).